The number of benzene rings is 1. The van der Waals surface area contributed by atoms with Crippen LogP contribution in [0.2, 0.25) is 0 Å². The van der Waals surface area contributed by atoms with Crippen LogP contribution in [-0.4, -0.2) is 29.1 Å². The number of hydrogen-bond donors (Lipinski definition) is 0. The van der Waals surface area contributed by atoms with Gasteiger partial charge in [0.15, 0.2) is 0 Å². The van der Waals surface area contributed by atoms with Gasteiger partial charge in [-0.3, -0.25) is 4.18 Å². The first-order chi connectivity index (χ1) is 7.38. The molecule has 0 aromatic heterocycles. The van der Waals surface area contributed by atoms with E-state index in [4.69, 9.17) is 4.18 Å². The molecule has 0 fully saturated rings. The largest absolute Gasteiger partial charge is 0.377 e. The molecular formula is C11H17NO3S. The molecule has 0 spiro atoms. The number of anilines is 1. The Morgan fingerprint density at radius 3 is 2.44 bits per heavy atom. The maximum Gasteiger partial charge on any atom is 0.299 e. The first-order valence-corrected chi connectivity index (χ1v) is 6.46. The van der Waals surface area contributed by atoms with E-state index in [-0.39, 0.29) is 11.5 Å². The summed E-state index contributed by atoms with van der Waals surface area (Å²) in [5.41, 5.74) is 1.66. The predicted octanol–water partition coefficient (Wildman–Crippen LogP) is 1.79. The van der Waals surface area contributed by atoms with Gasteiger partial charge in [0, 0.05) is 14.1 Å². The van der Waals surface area contributed by atoms with Crippen LogP contribution < -0.4 is 4.90 Å². The van der Waals surface area contributed by atoms with E-state index in [1.807, 2.05) is 13.0 Å². The van der Waals surface area contributed by atoms with Gasteiger partial charge < -0.3 is 4.90 Å². The van der Waals surface area contributed by atoms with Crippen molar-refractivity contribution in [3.63, 3.8) is 0 Å². The van der Waals surface area contributed by atoms with Crippen LogP contribution in [0.1, 0.15) is 12.5 Å². The minimum absolute atomic E-state index is 0.142. The summed E-state index contributed by atoms with van der Waals surface area (Å²) in [4.78, 5) is 1.98. The number of aryl methyl sites for hydroxylation is 1. The zero-order valence-electron chi connectivity index (χ0n) is 10.0. The second kappa shape index (κ2) is 4.84. The first-order valence-electron chi connectivity index (χ1n) is 5.06. The number of hydrogen-bond acceptors (Lipinski definition) is 4. The molecule has 0 heterocycles. The van der Waals surface area contributed by atoms with Crippen molar-refractivity contribution in [3.8, 4) is 0 Å². The van der Waals surface area contributed by atoms with Crippen LogP contribution in [0.4, 0.5) is 5.69 Å². The molecule has 0 saturated carbocycles. The number of rotatable bonds is 4. The Morgan fingerprint density at radius 2 is 1.94 bits per heavy atom. The van der Waals surface area contributed by atoms with Crippen molar-refractivity contribution in [2.24, 2.45) is 0 Å². The highest BCUT2D eigenvalue weighted by molar-refractivity contribution is 7.87. The predicted molar refractivity (Wildman–Crippen MR) is 64.3 cm³/mol. The SMILES string of the molecule is CCOS(=O)(=O)c1ccc(C)cc1N(C)C. The van der Waals surface area contributed by atoms with E-state index in [0.717, 1.165) is 5.56 Å². The second-order valence-electron chi connectivity index (χ2n) is 3.73. The normalized spacial score (nSPS) is 11.5. The highest BCUT2D eigenvalue weighted by atomic mass is 32.2. The minimum atomic E-state index is -3.64. The lowest BCUT2D eigenvalue weighted by molar-refractivity contribution is 0.338. The Kier molecular flexibility index (Phi) is 3.93. The Hall–Kier alpha value is -1.07. The van der Waals surface area contributed by atoms with Gasteiger partial charge in [0.25, 0.3) is 10.1 Å². The summed E-state index contributed by atoms with van der Waals surface area (Å²) in [6.45, 7) is 3.72. The van der Waals surface area contributed by atoms with Gasteiger partial charge in [-0.05, 0) is 31.5 Å². The molecule has 1 aromatic rings. The van der Waals surface area contributed by atoms with E-state index in [9.17, 15) is 8.42 Å². The van der Waals surface area contributed by atoms with Crippen molar-refractivity contribution in [3.05, 3.63) is 23.8 Å². The molecule has 0 saturated heterocycles. The van der Waals surface area contributed by atoms with Gasteiger partial charge in [0.05, 0.1) is 12.3 Å². The molecule has 0 atom stereocenters. The molecule has 0 radical (unpaired) electrons. The van der Waals surface area contributed by atoms with Crippen LogP contribution >= 0.6 is 0 Å². The third kappa shape index (κ3) is 2.74. The fraction of sp³-hybridized carbons (Fsp3) is 0.455. The fourth-order valence-electron chi connectivity index (χ4n) is 1.41. The highest BCUT2D eigenvalue weighted by Crippen LogP contribution is 2.26. The zero-order chi connectivity index (χ0) is 12.3. The molecule has 1 aromatic carbocycles. The highest BCUT2D eigenvalue weighted by Gasteiger charge is 2.19. The van der Waals surface area contributed by atoms with Gasteiger partial charge in [0.1, 0.15) is 4.90 Å². The van der Waals surface area contributed by atoms with E-state index in [1.54, 1.807) is 38.1 Å². The van der Waals surface area contributed by atoms with Crippen LogP contribution in [0, 0.1) is 6.92 Å². The molecule has 16 heavy (non-hydrogen) atoms. The minimum Gasteiger partial charge on any atom is -0.377 e. The molecule has 1 rings (SSSR count). The summed E-state index contributed by atoms with van der Waals surface area (Å²) in [6, 6.07) is 5.17. The van der Waals surface area contributed by atoms with Crippen LogP contribution in [0.5, 0.6) is 0 Å². The lowest BCUT2D eigenvalue weighted by Gasteiger charge is -2.17. The van der Waals surface area contributed by atoms with Gasteiger partial charge in [-0.2, -0.15) is 8.42 Å². The van der Waals surface area contributed by atoms with Crippen molar-refractivity contribution in [1.82, 2.24) is 0 Å². The van der Waals surface area contributed by atoms with Gasteiger partial charge in [-0.25, -0.2) is 0 Å². The van der Waals surface area contributed by atoms with Crippen molar-refractivity contribution < 1.29 is 12.6 Å². The van der Waals surface area contributed by atoms with E-state index >= 15 is 0 Å². The monoisotopic (exact) mass is 243 g/mol. The van der Waals surface area contributed by atoms with Gasteiger partial charge in [-0.15, -0.1) is 0 Å². The Labute approximate surface area is 97.0 Å². The van der Waals surface area contributed by atoms with Crippen molar-refractivity contribution in [2.75, 3.05) is 25.6 Å². The lowest BCUT2D eigenvalue weighted by atomic mass is 10.2. The van der Waals surface area contributed by atoms with E-state index in [1.165, 1.54) is 0 Å². The van der Waals surface area contributed by atoms with E-state index in [2.05, 4.69) is 0 Å². The Bertz CT molecular complexity index is 466. The Morgan fingerprint density at radius 1 is 1.31 bits per heavy atom. The van der Waals surface area contributed by atoms with Crippen LogP contribution in [0.15, 0.2) is 23.1 Å². The van der Waals surface area contributed by atoms with Crippen molar-refractivity contribution >= 4 is 15.8 Å². The zero-order valence-corrected chi connectivity index (χ0v) is 10.8. The van der Waals surface area contributed by atoms with Crippen LogP contribution in [0.25, 0.3) is 0 Å². The molecule has 0 unspecified atom stereocenters. The van der Waals surface area contributed by atoms with Crippen LogP contribution in [0.3, 0.4) is 0 Å². The van der Waals surface area contributed by atoms with Crippen molar-refractivity contribution in [1.29, 1.82) is 0 Å². The molecule has 5 heteroatoms. The molecular weight excluding hydrogens is 226 g/mol. The second-order valence-corrected chi connectivity index (χ2v) is 5.31. The van der Waals surface area contributed by atoms with Crippen molar-refractivity contribution in [2.45, 2.75) is 18.7 Å². The number of nitrogens with zero attached hydrogens (tertiary/aromatic N) is 1. The van der Waals surface area contributed by atoms with Crippen LogP contribution in [-0.2, 0) is 14.3 Å². The van der Waals surface area contributed by atoms with E-state index in [0.29, 0.717) is 5.69 Å². The lowest BCUT2D eigenvalue weighted by Crippen LogP contribution is -2.15. The molecule has 0 amide bonds. The van der Waals surface area contributed by atoms with Gasteiger partial charge >= 0.3 is 0 Å². The average Bonchev–Trinajstić information content (AvgIpc) is 2.16. The molecule has 4 nitrogen and oxygen atoms in total. The van der Waals surface area contributed by atoms with Gasteiger partial charge in [0.2, 0.25) is 0 Å². The standard InChI is InChI=1S/C11H17NO3S/c1-5-15-16(13,14)11-7-6-9(2)8-10(11)12(3)4/h6-8H,5H2,1-4H3. The third-order valence-corrected chi connectivity index (χ3v) is 3.57. The third-order valence-electron chi connectivity index (χ3n) is 2.14. The first kappa shape index (κ1) is 13.0. The smallest absolute Gasteiger partial charge is 0.299 e. The summed E-state index contributed by atoms with van der Waals surface area (Å²) in [6.07, 6.45) is 0. The fourth-order valence-corrected chi connectivity index (χ4v) is 2.58. The molecule has 0 aliphatic heterocycles. The van der Waals surface area contributed by atoms with Gasteiger partial charge in [-0.1, -0.05) is 6.07 Å². The maximum absolute atomic E-state index is 11.8. The van der Waals surface area contributed by atoms with E-state index < -0.39 is 10.1 Å². The average molecular weight is 243 g/mol. The summed E-state index contributed by atoms with van der Waals surface area (Å²) in [5.74, 6) is 0. The topological polar surface area (TPSA) is 46.6 Å². The molecule has 0 N–H and O–H groups in total. The summed E-state index contributed by atoms with van der Waals surface area (Å²) < 4.78 is 28.4. The quantitative estimate of drug-likeness (QED) is 0.756. The maximum atomic E-state index is 11.8. The molecule has 0 aliphatic rings. The Balaban J connectivity index is 3.34. The molecule has 90 valence electrons. The summed E-state index contributed by atoms with van der Waals surface area (Å²) >= 11 is 0. The summed E-state index contributed by atoms with van der Waals surface area (Å²) in [7, 11) is -0.0339. The molecule has 0 bridgehead atoms. The summed E-state index contributed by atoms with van der Waals surface area (Å²) in [5, 5.41) is 0. The molecule has 0 aliphatic carbocycles.